The molecule has 1 aromatic rings. The van der Waals surface area contributed by atoms with Gasteiger partial charge in [0.25, 0.3) is 0 Å². The van der Waals surface area contributed by atoms with Gasteiger partial charge in [-0.1, -0.05) is 19.8 Å². The van der Waals surface area contributed by atoms with Crippen LogP contribution in [0.15, 0.2) is 15.9 Å². The molecule has 4 heteroatoms. The van der Waals surface area contributed by atoms with E-state index in [2.05, 4.69) is 22.9 Å². The molecule has 2 nitrogen and oxygen atoms in total. The fourth-order valence-corrected chi connectivity index (χ4v) is 4.11. The molecule has 1 saturated carbocycles. The maximum atomic E-state index is 12.3. The van der Waals surface area contributed by atoms with Crippen LogP contribution in [0.1, 0.15) is 37.5 Å². The second kappa shape index (κ2) is 5.21. The standard InChI is InChI=1S/C13H18BrNOS/c1-9-3-2-6-13(15,8-9)11(16)7-10-4-5-12(14)17-10/h4-5,9H,2-3,6-8,15H2,1H3. The summed E-state index contributed by atoms with van der Waals surface area (Å²) in [5.74, 6) is 0.783. The molecule has 17 heavy (non-hydrogen) atoms. The first-order chi connectivity index (χ1) is 7.99. The number of nitrogens with two attached hydrogens (primary N) is 1. The number of carbonyl (C=O) groups is 1. The Labute approximate surface area is 115 Å². The van der Waals surface area contributed by atoms with Crippen molar-refractivity contribution >= 4 is 33.0 Å². The Balaban J connectivity index is 2.03. The van der Waals surface area contributed by atoms with Crippen molar-refractivity contribution in [2.45, 2.75) is 44.6 Å². The third kappa shape index (κ3) is 3.18. The van der Waals surface area contributed by atoms with E-state index in [-0.39, 0.29) is 5.78 Å². The fraction of sp³-hybridized carbons (Fsp3) is 0.615. The molecular weight excluding hydrogens is 298 g/mol. The third-order valence-electron chi connectivity index (χ3n) is 3.55. The van der Waals surface area contributed by atoms with Crippen molar-refractivity contribution in [1.82, 2.24) is 0 Å². The largest absolute Gasteiger partial charge is 0.319 e. The number of Topliss-reactive ketones (excluding diaryl/α,β-unsaturated/α-hetero) is 1. The van der Waals surface area contributed by atoms with Crippen LogP contribution in [0.2, 0.25) is 0 Å². The Morgan fingerprint density at radius 1 is 1.65 bits per heavy atom. The van der Waals surface area contributed by atoms with Crippen molar-refractivity contribution in [1.29, 1.82) is 0 Å². The minimum Gasteiger partial charge on any atom is -0.319 e. The molecule has 1 aromatic heterocycles. The number of ketones is 1. The predicted molar refractivity (Wildman–Crippen MR) is 75.3 cm³/mol. The monoisotopic (exact) mass is 315 g/mol. The van der Waals surface area contributed by atoms with Gasteiger partial charge in [0.1, 0.15) is 0 Å². The molecule has 0 spiro atoms. The molecule has 1 aliphatic rings. The summed E-state index contributed by atoms with van der Waals surface area (Å²) in [4.78, 5) is 13.4. The van der Waals surface area contributed by atoms with Gasteiger partial charge in [0.05, 0.1) is 9.33 Å². The Hall–Kier alpha value is -0.190. The van der Waals surface area contributed by atoms with Crippen molar-refractivity contribution in [2.24, 2.45) is 11.7 Å². The van der Waals surface area contributed by atoms with Gasteiger partial charge in [-0.2, -0.15) is 0 Å². The van der Waals surface area contributed by atoms with E-state index in [1.54, 1.807) is 11.3 Å². The Morgan fingerprint density at radius 2 is 2.41 bits per heavy atom. The van der Waals surface area contributed by atoms with Crippen molar-refractivity contribution in [2.75, 3.05) is 0 Å². The molecule has 1 heterocycles. The molecule has 0 amide bonds. The van der Waals surface area contributed by atoms with Crippen LogP contribution in [0, 0.1) is 5.92 Å². The summed E-state index contributed by atoms with van der Waals surface area (Å²) in [7, 11) is 0. The zero-order valence-electron chi connectivity index (χ0n) is 10.0. The lowest BCUT2D eigenvalue weighted by atomic mass is 9.74. The summed E-state index contributed by atoms with van der Waals surface area (Å²) in [5, 5.41) is 0. The second-order valence-electron chi connectivity index (χ2n) is 5.16. The average Bonchev–Trinajstić information content (AvgIpc) is 2.63. The van der Waals surface area contributed by atoms with E-state index in [9.17, 15) is 4.79 Å². The number of hydrogen-bond donors (Lipinski definition) is 1. The van der Waals surface area contributed by atoms with Crippen LogP contribution in [-0.2, 0) is 11.2 Å². The van der Waals surface area contributed by atoms with E-state index in [1.807, 2.05) is 12.1 Å². The van der Waals surface area contributed by atoms with Crippen LogP contribution in [0.5, 0.6) is 0 Å². The molecule has 0 aromatic carbocycles. The van der Waals surface area contributed by atoms with Crippen molar-refractivity contribution in [3.8, 4) is 0 Å². The summed E-state index contributed by atoms with van der Waals surface area (Å²) >= 11 is 5.04. The quantitative estimate of drug-likeness (QED) is 0.927. The van der Waals surface area contributed by atoms with Crippen LogP contribution in [0.3, 0.4) is 0 Å². The summed E-state index contributed by atoms with van der Waals surface area (Å²) in [6, 6.07) is 3.99. The van der Waals surface area contributed by atoms with Crippen LogP contribution >= 0.6 is 27.3 Å². The molecule has 0 aliphatic heterocycles. The van der Waals surface area contributed by atoms with E-state index in [0.717, 1.165) is 27.9 Å². The Bertz CT molecular complexity index is 417. The molecule has 2 rings (SSSR count). The third-order valence-corrected chi connectivity index (χ3v) is 5.18. The maximum Gasteiger partial charge on any atom is 0.157 e. The predicted octanol–water partition coefficient (Wildman–Crippen LogP) is 3.53. The molecule has 0 radical (unpaired) electrons. The van der Waals surface area contributed by atoms with Crippen molar-refractivity contribution in [3.05, 3.63) is 20.8 Å². The molecule has 2 N–H and O–H groups in total. The Morgan fingerprint density at radius 3 is 3.00 bits per heavy atom. The van der Waals surface area contributed by atoms with Crippen LogP contribution in [0.4, 0.5) is 0 Å². The van der Waals surface area contributed by atoms with Crippen LogP contribution < -0.4 is 5.73 Å². The zero-order valence-corrected chi connectivity index (χ0v) is 12.4. The molecule has 1 fully saturated rings. The van der Waals surface area contributed by atoms with Gasteiger partial charge < -0.3 is 5.73 Å². The van der Waals surface area contributed by atoms with E-state index >= 15 is 0 Å². The highest BCUT2D eigenvalue weighted by molar-refractivity contribution is 9.11. The van der Waals surface area contributed by atoms with Crippen LogP contribution in [-0.4, -0.2) is 11.3 Å². The van der Waals surface area contributed by atoms with Gasteiger partial charge in [-0.3, -0.25) is 4.79 Å². The highest BCUT2D eigenvalue weighted by Gasteiger charge is 2.37. The highest BCUT2D eigenvalue weighted by atomic mass is 79.9. The summed E-state index contributed by atoms with van der Waals surface area (Å²) in [6.45, 7) is 2.19. The first-order valence-corrected chi connectivity index (χ1v) is 7.67. The summed E-state index contributed by atoms with van der Waals surface area (Å²) < 4.78 is 1.07. The lowest BCUT2D eigenvalue weighted by Crippen LogP contribution is -2.51. The van der Waals surface area contributed by atoms with Crippen LogP contribution in [0.25, 0.3) is 0 Å². The number of hydrogen-bond acceptors (Lipinski definition) is 3. The number of halogens is 1. The summed E-state index contributed by atoms with van der Waals surface area (Å²) in [6.07, 6.45) is 4.47. The van der Waals surface area contributed by atoms with Gasteiger partial charge in [-0.15, -0.1) is 11.3 Å². The first kappa shape index (κ1) is 13.2. The molecule has 94 valence electrons. The lowest BCUT2D eigenvalue weighted by Gasteiger charge is -2.35. The van der Waals surface area contributed by atoms with Gasteiger partial charge in [0.2, 0.25) is 0 Å². The van der Waals surface area contributed by atoms with Gasteiger partial charge >= 0.3 is 0 Å². The lowest BCUT2D eigenvalue weighted by molar-refractivity contribution is -0.125. The smallest absolute Gasteiger partial charge is 0.157 e. The van der Waals surface area contributed by atoms with Gasteiger partial charge in [-0.05, 0) is 46.8 Å². The molecular formula is C13H18BrNOS. The zero-order chi connectivity index (χ0) is 12.5. The normalized spacial score (nSPS) is 29.2. The number of rotatable bonds is 3. The molecule has 1 aliphatic carbocycles. The number of thiophene rings is 1. The minimum atomic E-state index is -0.575. The molecule has 0 saturated heterocycles. The van der Waals surface area contributed by atoms with E-state index in [1.165, 1.54) is 6.42 Å². The highest BCUT2D eigenvalue weighted by Crippen LogP contribution is 2.32. The van der Waals surface area contributed by atoms with Crippen molar-refractivity contribution in [3.63, 3.8) is 0 Å². The minimum absolute atomic E-state index is 0.207. The van der Waals surface area contributed by atoms with Gasteiger partial charge in [0, 0.05) is 11.3 Å². The van der Waals surface area contributed by atoms with Gasteiger partial charge in [-0.25, -0.2) is 0 Å². The van der Waals surface area contributed by atoms with E-state index in [4.69, 9.17) is 5.73 Å². The Kier molecular flexibility index (Phi) is 4.06. The summed E-state index contributed by atoms with van der Waals surface area (Å²) in [5.41, 5.74) is 5.72. The number of carbonyl (C=O) groups excluding carboxylic acids is 1. The van der Waals surface area contributed by atoms with Gasteiger partial charge in [0.15, 0.2) is 5.78 Å². The SMILES string of the molecule is CC1CCCC(N)(C(=O)Cc2ccc(Br)s2)C1. The topological polar surface area (TPSA) is 43.1 Å². The molecule has 0 bridgehead atoms. The molecule has 2 unspecified atom stereocenters. The second-order valence-corrected chi connectivity index (χ2v) is 7.71. The first-order valence-electron chi connectivity index (χ1n) is 6.06. The maximum absolute atomic E-state index is 12.3. The average molecular weight is 316 g/mol. The van der Waals surface area contributed by atoms with E-state index < -0.39 is 5.54 Å². The fourth-order valence-electron chi connectivity index (χ4n) is 2.63. The van der Waals surface area contributed by atoms with E-state index in [0.29, 0.717) is 12.3 Å². The van der Waals surface area contributed by atoms with Crippen molar-refractivity contribution < 1.29 is 4.79 Å². The molecule has 2 atom stereocenters.